The van der Waals surface area contributed by atoms with Gasteiger partial charge < -0.3 is 4.74 Å². The summed E-state index contributed by atoms with van der Waals surface area (Å²) in [4.78, 5) is 9.02. The minimum Gasteiger partial charge on any atom is -0.438 e. The predicted molar refractivity (Wildman–Crippen MR) is 63.9 cm³/mol. The lowest BCUT2D eigenvalue weighted by Crippen LogP contribution is -1.89. The second kappa shape index (κ2) is 4.10. The number of benzene rings is 1. The second-order valence-electron chi connectivity index (χ2n) is 3.38. The van der Waals surface area contributed by atoms with Crippen molar-refractivity contribution in [2.24, 2.45) is 0 Å². The van der Waals surface area contributed by atoms with Crippen molar-refractivity contribution in [2.75, 3.05) is 0 Å². The van der Waals surface area contributed by atoms with Gasteiger partial charge in [-0.2, -0.15) is 0 Å². The first-order valence-electron chi connectivity index (χ1n) is 4.94. The molecule has 3 rings (SSSR count). The highest BCUT2D eigenvalue weighted by Gasteiger charge is 2.07. The third-order valence-corrected chi connectivity index (χ3v) is 3.06. The zero-order valence-corrected chi connectivity index (χ0v) is 9.45. The van der Waals surface area contributed by atoms with E-state index in [-0.39, 0.29) is 5.82 Å². The molecule has 0 aliphatic rings. The molecule has 2 heterocycles. The largest absolute Gasteiger partial charge is 0.438 e. The number of aromatic nitrogens is 2. The molecule has 3 nitrogen and oxygen atoms in total. The summed E-state index contributed by atoms with van der Waals surface area (Å²) in [7, 11) is 0. The molecule has 0 unspecified atom stereocenters. The molecule has 0 radical (unpaired) electrons. The van der Waals surface area contributed by atoms with Crippen molar-refractivity contribution in [3.63, 3.8) is 0 Å². The molecule has 3 aromatic rings. The summed E-state index contributed by atoms with van der Waals surface area (Å²) < 4.78 is 18.6. The number of hydrogen-bond acceptors (Lipinski definition) is 4. The first kappa shape index (κ1) is 10.2. The molecule has 17 heavy (non-hydrogen) atoms. The summed E-state index contributed by atoms with van der Waals surface area (Å²) in [5, 5.41) is 2.75. The average molecular weight is 246 g/mol. The van der Waals surface area contributed by atoms with Gasteiger partial charge in [0.05, 0.1) is 5.39 Å². The van der Waals surface area contributed by atoms with Crippen molar-refractivity contribution >= 4 is 21.6 Å². The molecule has 0 aliphatic carbocycles. The van der Waals surface area contributed by atoms with Crippen LogP contribution in [0.5, 0.6) is 11.6 Å². The van der Waals surface area contributed by atoms with Crippen molar-refractivity contribution in [1.82, 2.24) is 9.97 Å². The van der Waals surface area contributed by atoms with E-state index < -0.39 is 0 Å². The minimum atomic E-state index is -0.335. The molecular formula is C12H7FN2OS. The maximum absolute atomic E-state index is 13.0. The summed E-state index contributed by atoms with van der Waals surface area (Å²) in [6.07, 6.45) is 1.44. The third-order valence-electron chi connectivity index (χ3n) is 2.24. The number of rotatable bonds is 2. The van der Waals surface area contributed by atoms with Crippen molar-refractivity contribution in [1.29, 1.82) is 0 Å². The maximum Gasteiger partial charge on any atom is 0.231 e. The maximum atomic E-state index is 13.0. The zero-order chi connectivity index (χ0) is 11.7. The quantitative estimate of drug-likeness (QED) is 0.692. The SMILES string of the molecule is Fc1cccc(Oc2ncnc3sccc23)c1. The summed E-state index contributed by atoms with van der Waals surface area (Å²) in [5.41, 5.74) is 0. The summed E-state index contributed by atoms with van der Waals surface area (Å²) >= 11 is 1.51. The van der Waals surface area contributed by atoms with Gasteiger partial charge in [0.2, 0.25) is 5.88 Å². The average Bonchev–Trinajstić information content (AvgIpc) is 2.78. The molecule has 84 valence electrons. The van der Waals surface area contributed by atoms with Gasteiger partial charge in [-0.3, -0.25) is 0 Å². The Morgan fingerprint density at radius 1 is 1.18 bits per heavy atom. The normalized spacial score (nSPS) is 10.6. The molecule has 0 bridgehead atoms. The monoisotopic (exact) mass is 246 g/mol. The van der Waals surface area contributed by atoms with Gasteiger partial charge >= 0.3 is 0 Å². The van der Waals surface area contributed by atoms with E-state index in [9.17, 15) is 4.39 Å². The molecule has 0 aliphatic heterocycles. The molecule has 0 fully saturated rings. The van der Waals surface area contributed by atoms with Crippen LogP contribution < -0.4 is 4.74 Å². The van der Waals surface area contributed by atoms with E-state index in [1.165, 1.54) is 29.8 Å². The number of ether oxygens (including phenoxy) is 1. The Bertz CT molecular complexity index is 668. The highest BCUT2D eigenvalue weighted by atomic mass is 32.1. The molecule has 0 spiro atoms. The molecule has 0 atom stereocenters. The van der Waals surface area contributed by atoms with Crippen LogP contribution >= 0.6 is 11.3 Å². The standard InChI is InChI=1S/C12H7FN2OS/c13-8-2-1-3-9(6-8)16-11-10-4-5-17-12(10)15-7-14-11/h1-7H. The van der Waals surface area contributed by atoms with E-state index in [1.807, 2.05) is 11.4 Å². The number of nitrogens with zero attached hydrogens (tertiary/aromatic N) is 2. The zero-order valence-electron chi connectivity index (χ0n) is 8.63. The van der Waals surface area contributed by atoms with Gasteiger partial charge in [0, 0.05) is 6.07 Å². The molecule has 0 saturated heterocycles. The van der Waals surface area contributed by atoms with Crippen LogP contribution in [0.4, 0.5) is 4.39 Å². The Kier molecular flexibility index (Phi) is 2.45. The third kappa shape index (κ3) is 1.97. The topological polar surface area (TPSA) is 35.0 Å². The highest BCUT2D eigenvalue weighted by Crippen LogP contribution is 2.29. The first-order valence-corrected chi connectivity index (χ1v) is 5.82. The number of fused-ring (bicyclic) bond motifs is 1. The van der Waals surface area contributed by atoms with Gasteiger partial charge in [-0.25, -0.2) is 14.4 Å². The summed E-state index contributed by atoms with van der Waals surface area (Å²) in [6.45, 7) is 0. The molecule has 5 heteroatoms. The minimum absolute atomic E-state index is 0.335. The van der Waals surface area contributed by atoms with Crippen LogP contribution in [-0.4, -0.2) is 9.97 Å². The lowest BCUT2D eigenvalue weighted by molar-refractivity contribution is 0.463. The van der Waals surface area contributed by atoms with Crippen LogP contribution in [0.3, 0.4) is 0 Å². The van der Waals surface area contributed by atoms with Gasteiger partial charge in [-0.15, -0.1) is 11.3 Å². The molecular weight excluding hydrogens is 239 g/mol. The predicted octanol–water partition coefficient (Wildman–Crippen LogP) is 3.62. The van der Waals surface area contributed by atoms with E-state index in [4.69, 9.17) is 4.74 Å². The Balaban J connectivity index is 2.02. The van der Waals surface area contributed by atoms with E-state index in [0.717, 1.165) is 10.2 Å². The van der Waals surface area contributed by atoms with Gasteiger partial charge in [-0.05, 0) is 23.6 Å². The fourth-order valence-corrected chi connectivity index (χ4v) is 2.21. The molecule has 0 N–H and O–H groups in total. The van der Waals surface area contributed by atoms with Crippen LogP contribution in [0.25, 0.3) is 10.2 Å². The Hall–Kier alpha value is -2.01. The Morgan fingerprint density at radius 2 is 2.12 bits per heavy atom. The van der Waals surface area contributed by atoms with Gasteiger partial charge in [-0.1, -0.05) is 6.07 Å². The molecule has 1 aromatic carbocycles. The van der Waals surface area contributed by atoms with Crippen LogP contribution in [0.15, 0.2) is 42.0 Å². The Labute approximate surface area is 101 Å². The van der Waals surface area contributed by atoms with Gasteiger partial charge in [0.15, 0.2) is 0 Å². The van der Waals surface area contributed by atoms with Crippen molar-refractivity contribution < 1.29 is 9.13 Å². The van der Waals surface area contributed by atoms with Crippen LogP contribution in [0.1, 0.15) is 0 Å². The van der Waals surface area contributed by atoms with Crippen LogP contribution in [-0.2, 0) is 0 Å². The first-order chi connectivity index (χ1) is 8.33. The van der Waals surface area contributed by atoms with Crippen molar-refractivity contribution in [2.45, 2.75) is 0 Å². The smallest absolute Gasteiger partial charge is 0.231 e. The fourth-order valence-electron chi connectivity index (χ4n) is 1.49. The van der Waals surface area contributed by atoms with Gasteiger partial charge in [0.25, 0.3) is 0 Å². The second-order valence-corrected chi connectivity index (χ2v) is 4.27. The lowest BCUT2D eigenvalue weighted by atomic mass is 10.3. The summed E-state index contributed by atoms with van der Waals surface area (Å²) in [5.74, 6) is 0.538. The Morgan fingerprint density at radius 3 is 3.00 bits per heavy atom. The van der Waals surface area contributed by atoms with Crippen molar-refractivity contribution in [3.8, 4) is 11.6 Å². The summed E-state index contributed by atoms with van der Waals surface area (Å²) in [6, 6.07) is 7.85. The fraction of sp³-hybridized carbons (Fsp3) is 0. The molecule has 0 saturated carbocycles. The lowest BCUT2D eigenvalue weighted by Gasteiger charge is -2.04. The number of hydrogen-bond donors (Lipinski definition) is 0. The van der Waals surface area contributed by atoms with E-state index in [0.29, 0.717) is 11.6 Å². The number of thiophene rings is 1. The van der Waals surface area contributed by atoms with Crippen LogP contribution in [0, 0.1) is 5.82 Å². The van der Waals surface area contributed by atoms with Gasteiger partial charge in [0.1, 0.15) is 22.7 Å². The van der Waals surface area contributed by atoms with Crippen molar-refractivity contribution in [3.05, 3.63) is 47.9 Å². The van der Waals surface area contributed by atoms with E-state index in [1.54, 1.807) is 12.1 Å². The van der Waals surface area contributed by atoms with E-state index >= 15 is 0 Å². The van der Waals surface area contributed by atoms with E-state index in [2.05, 4.69) is 9.97 Å². The molecule has 2 aromatic heterocycles. The highest BCUT2D eigenvalue weighted by molar-refractivity contribution is 7.16. The molecule has 0 amide bonds. The van der Waals surface area contributed by atoms with Crippen LogP contribution in [0.2, 0.25) is 0 Å². The number of halogens is 1.